The van der Waals surface area contributed by atoms with E-state index < -0.39 is 0 Å². The number of nitrogens with zero attached hydrogens (tertiary/aromatic N) is 3. The quantitative estimate of drug-likeness (QED) is 0.781. The monoisotopic (exact) mass is 297 g/mol. The average Bonchev–Trinajstić information content (AvgIpc) is 3.27. The number of halogens is 1. The molecule has 1 aliphatic rings. The van der Waals surface area contributed by atoms with Crippen LogP contribution in [0.15, 0.2) is 43.0 Å². The molecule has 1 atom stereocenters. The molecule has 1 aromatic carbocycles. The molecule has 0 spiro atoms. The van der Waals surface area contributed by atoms with E-state index in [0.29, 0.717) is 5.92 Å². The second kappa shape index (κ2) is 5.29. The zero-order valence-electron chi connectivity index (χ0n) is 12.0. The molecule has 0 saturated carbocycles. The molecule has 3 heterocycles. The molecule has 1 saturated heterocycles. The maximum absolute atomic E-state index is 13.0. The van der Waals surface area contributed by atoms with Crippen LogP contribution in [0, 0.1) is 5.82 Å². The smallest absolute Gasteiger partial charge is 0.203 e. The topological polar surface area (TPSA) is 60.6 Å². The summed E-state index contributed by atoms with van der Waals surface area (Å²) in [6.45, 7) is 1.86. The van der Waals surface area contributed by atoms with Crippen molar-refractivity contribution in [2.24, 2.45) is 0 Å². The number of hydrogen-bond acceptors (Lipinski definition) is 3. The van der Waals surface area contributed by atoms with E-state index in [1.807, 2.05) is 12.4 Å². The molecule has 22 heavy (non-hydrogen) atoms. The Balaban J connectivity index is 1.51. The highest BCUT2D eigenvalue weighted by atomic mass is 19.1. The van der Waals surface area contributed by atoms with Crippen molar-refractivity contribution in [3.05, 3.63) is 54.5 Å². The summed E-state index contributed by atoms with van der Waals surface area (Å²) < 4.78 is 13.0. The third-order valence-electron chi connectivity index (χ3n) is 4.13. The fourth-order valence-electron chi connectivity index (χ4n) is 2.93. The Kier molecular flexibility index (Phi) is 3.14. The predicted molar refractivity (Wildman–Crippen MR) is 82.1 cm³/mol. The lowest BCUT2D eigenvalue weighted by atomic mass is 10.1. The summed E-state index contributed by atoms with van der Waals surface area (Å²) in [4.78, 5) is 17.4. The van der Waals surface area contributed by atoms with Gasteiger partial charge < -0.3 is 14.9 Å². The van der Waals surface area contributed by atoms with Crippen LogP contribution in [0.1, 0.15) is 18.0 Å². The Morgan fingerprint density at radius 1 is 1.18 bits per heavy atom. The minimum absolute atomic E-state index is 0.235. The van der Waals surface area contributed by atoms with E-state index in [1.165, 1.54) is 12.1 Å². The molecule has 1 aliphatic heterocycles. The number of aromatic amines is 2. The van der Waals surface area contributed by atoms with Gasteiger partial charge in [-0.3, -0.25) is 0 Å². The average molecular weight is 297 g/mol. The highest BCUT2D eigenvalue weighted by Gasteiger charge is 2.26. The molecule has 4 rings (SSSR count). The van der Waals surface area contributed by atoms with Crippen LogP contribution in [0.3, 0.4) is 0 Å². The fraction of sp³-hybridized carbons (Fsp3) is 0.250. The van der Waals surface area contributed by atoms with Crippen LogP contribution in [-0.2, 0) is 0 Å². The summed E-state index contributed by atoms with van der Waals surface area (Å²) in [5.74, 6) is 1.06. The minimum atomic E-state index is -0.235. The lowest BCUT2D eigenvalue weighted by molar-refractivity contribution is 0.628. The van der Waals surface area contributed by atoms with Crippen LogP contribution in [-0.4, -0.2) is 33.0 Å². The van der Waals surface area contributed by atoms with Crippen molar-refractivity contribution in [3.8, 4) is 11.3 Å². The van der Waals surface area contributed by atoms with Crippen molar-refractivity contribution in [2.75, 3.05) is 18.0 Å². The molecule has 6 heteroatoms. The molecule has 112 valence electrons. The van der Waals surface area contributed by atoms with Crippen molar-refractivity contribution >= 4 is 5.95 Å². The predicted octanol–water partition coefficient (Wildman–Crippen LogP) is 2.93. The van der Waals surface area contributed by atoms with Gasteiger partial charge in [-0.25, -0.2) is 14.4 Å². The number of aromatic nitrogens is 4. The molecule has 5 nitrogen and oxygen atoms in total. The number of H-pyrrole nitrogens is 2. The molecule has 0 amide bonds. The van der Waals surface area contributed by atoms with E-state index in [4.69, 9.17) is 0 Å². The SMILES string of the molecule is Fc1ccc(-c2c[nH]c(N3CCC(c4c[nH]cn4)C3)n2)cc1. The van der Waals surface area contributed by atoms with Crippen molar-refractivity contribution < 1.29 is 4.39 Å². The third-order valence-corrected chi connectivity index (χ3v) is 4.13. The first-order valence-corrected chi connectivity index (χ1v) is 7.34. The fourth-order valence-corrected chi connectivity index (χ4v) is 2.93. The molecule has 2 aromatic heterocycles. The maximum atomic E-state index is 13.0. The standard InChI is InChI=1S/C16H16FN5/c17-13-3-1-11(2-4-13)15-8-19-16(21-15)22-6-5-12(9-22)14-7-18-10-20-14/h1-4,7-8,10,12H,5-6,9H2,(H,18,20)(H,19,21). The molecule has 1 fully saturated rings. The van der Waals surface area contributed by atoms with Crippen molar-refractivity contribution in [1.82, 2.24) is 19.9 Å². The highest BCUT2D eigenvalue weighted by Crippen LogP contribution is 2.29. The summed E-state index contributed by atoms with van der Waals surface area (Å²) in [5, 5.41) is 0. The van der Waals surface area contributed by atoms with Crippen LogP contribution >= 0.6 is 0 Å². The number of anilines is 1. The Morgan fingerprint density at radius 2 is 2.05 bits per heavy atom. The molecule has 0 bridgehead atoms. The highest BCUT2D eigenvalue weighted by molar-refractivity contribution is 5.60. The number of imidazole rings is 2. The van der Waals surface area contributed by atoms with Gasteiger partial charge in [0.1, 0.15) is 5.82 Å². The number of benzene rings is 1. The molecule has 2 N–H and O–H groups in total. The first kappa shape index (κ1) is 13.1. The Hall–Kier alpha value is -2.63. The first-order valence-electron chi connectivity index (χ1n) is 7.34. The second-order valence-corrected chi connectivity index (χ2v) is 5.54. The zero-order chi connectivity index (χ0) is 14.9. The molecular formula is C16H16FN5. The van der Waals surface area contributed by atoms with Crippen LogP contribution in [0.4, 0.5) is 10.3 Å². The molecular weight excluding hydrogens is 281 g/mol. The van der Waals surface area contributed by atoms with Gasteiger partial charge >= 0.3 is 0 Å². The summed E-state index contributed by atoms with van der Waals surface area (Å²) in [6.07, 6.45) is 6.61. The van der Waals surface area contributed by atoms with Crippen LogP contribution in [0.2, 0.25) is 0 Å². The van der Waals surface area contributed by atoms with Gasteiger partial charge in [-0.2, -0.15) is 0 Å². The van der Waals surface area contributed by atoms with Crippen molar-refractivity contribution in [2.45, 2.75) is 12.3 Å². The summed E-state index contributed by atoms with van der Waals surface area (Å²) in [7, 11) is 0. The number of rotatable bonds is 3. The maximum Gasteiger partial charge on any atom is 0.203 e. The minimum Gasteiger partial charge on any atom is -0.351 e. The van der Waals surface area contributed by atoms with Crippen molar-refractivity contribution in [1.29, 1.82) is 0 Å². The van der Waals surface area contributed by atoms with Gasteiger partial charge in [0.25, 0.3) is 0 Å². The van der Waals surface area contributed by atoms with Gasteiger partial charge in [0, 0.05) is 37.0 Å². The largest absolute Gasteiger partial charge is 0.351 e. The Labute approximate surface area is 127 Å². The van der Waals surface area contributed by atoms with Gasteiger partial charge in [-0.05, 0) is 30.7 Å². The Morgan fingerprint density at radius 3 is 2.82 bits per heavy atom. The number of hydrogen-bond donors (Lipinski definition) is 2. The summed E-state index contributed by atoms with van der Waals surface area (Å²) >= 11 is 0. The third kappa shape index (κ3) is 2.36. The van der Waals surface area contributed by atoms with Crippen LogP contribution in [0.5, 0.6) is 0 Å². The van der Waals surface area contributed by atoms with Gasteiger partial charge in [0.15, 0.2) is 0 Å². The van der Waals surface area contributed by atoms with E-state index in [1.54, 1.807) is 18.5 Å². The second-order valence-electron chi connectivity index (χ2n) is 5.54. The van der Waals surface area contributed by atoms with Gasteiger partial charge in [-0.15, -0.1) is 0 Å². The first-order chi connectivity index (χ1) is 10.8. The van der Waals surface area contributed by atoms with E-state index in [-0.39, 0.29) is 5.82 Å². The summed E-state index contributed by atoms with van der Waals surface area (Å²) in [5.41, 5.74) is 2.85. The number of nitrogens with one attached hydrogen (secondary N) is 2. The normalized spacial score (nSPS) is 18.0. The van der Waals surface area contributed by atoms with Crippen LogP contribution < -0.4 is 4.90 Å². The Bertz CT molecular complexity index is 747. The van der Waals surface area contributed by atoms with E-state index in [0.717, 1.165) is 42.4 Å². The van der Waals surface area contributed by atoms with Crippen molar-refractivity contribution in [3.63, 3.8) is 0 Å². The summed E-state index contributed by atoms with van der Waals surface area (Å²) in [6, 6.07) is 6.39. The molecule has 0 radical (unpaired) electrons. The van der Waals surface area contributed by atoms with Gasteiger partial charge in [0.2, 0.25) is 5.95 Å². The molecule has 3 aromatic rings. The molecule has 1 unspecified atom stereocenters. The van der Waals surface area contributed by atoms with E-state index >= 15 is 0 Å². The lowest BCUT2D eigenvalue weighted by Crippen LogP contribution is -2.20. The van der Waals surface area contributed by atoms with E-state index in [9.17, 15) is 4.39 Å². The zero-order valence-corrected chi connectivity index (χ0v) is 12.0. The van der Waals surface area contributed by atoms with Gasteiger partial charge in [-0.1, -0.05) is 0 Å². The molecule has 0 aliphatic carbocycles. The van der Waals surface area contributed by atoms with E-state index in [2.05, 4.69) is 24.8 Å². The lowest BCUT2D eigenvalue weighted by Gasteiger charge is -2.14. The van der Waals surface area contributed by atoms with Gasteiger partial charge in [0.05, 0.1) is 17.7 Å². The van der Waals surface area contributed by atoms with Crippen LogP contribution in [0.25, 0.3) is 11.3 Å².